The molecule has 1 aromatic carbocycles. The van der Waals surface area contributed by atoms with E-state index in [1.165, 1.54) is 19.8 Å². The van der Waals surface area contributed by atoms with Crippen molar-refractivity contribution < 1.29 is 9.59 Å². The minimum atomic E-state index is -0.103. The van der Waals surface area contributed by atoms with E-state index in [1.807, 2.05) is 35.2 Å². The van der Waals surface area contributed by atoms with Crippen molar-refractivity contribution in [3.05, 3.63) is 46.5 Å². The Morgan fingerprint density at radius 3 is 2.48 bits per heavy atom. The number of aromatic nitrogens is 3. The van der Waals surface area contributed by atoms with E-state index >= 15 is 0 Å². The molecular formula is C21H25N5O2S. The van der Waals surface area contributed by atoms with Gasteiger partial charge in [0.15, 0.2) is 4.77 Å². The van der Waals surface area contributed by atoms with Gasteiger partial charge in [-0.05, 0) is 61.7 Å². The predicted octanol–water partition coefficient (Wildman–Crippen LogP) is 3.65. The molecule has 1 saturated heterocycles. The average Bonchev–Trinajstić information content (AvgIpc) is 3.48. The van der Waals surface area contributed by atoms with Gasteiger partial charge in [-0.1, -0.05) is 12.1 Å². The molecule has 2 fully saturated rings. The van der Waals surface area contributed by atoms with Crippen molar-refractivity contribution in [2.45, 2.75) is 44.6 Å². The second kappa shape index (κ2) is 8.32. The summed E-state index contributed by atoms with van der Waals surface area (Å²) in [5, 5.41) is 10.1. The Hall–Kier alpha value is -2.74. The normalized spacial score (nSPS) is 17.6. The molecule has 0 spiro atoms. The molecule has 4 rings (SSSR count). The summed E-state index contributed by atoms with van der Waals surface area (Å²) in [7, 11) is 0. The van der Waals surface area contributed by atoms with Crippen LogP contribution in [-0.4, -0.2) is 44.6 Å². The van der Waals surface area contributed by atoms with Crippen LogP contribution in [0.1, 0.15) is 56.0 Å². The van der Waals surface area contributed by atoms with Gasteiger partial charge < -0.3 is 14.8 Å². The van der Waals surface area contributed by atoms with Crippen molar-refractivity contribution in [2.75, 3.05) is 18.4 Å². The van der Waals surface area contributed by atoms with Crippen LogP contribution >= 0.6 is 12.2 Å². The molecule has 2 heterocycles. The van der Waals surface area contributed by atoms with Crippen molar-refractivity contribution in [3.63, 3.8) is 0 Å². The van der Waals surface area contributed by atoms with E-state index in [-0.39, 0.29) is 11.8 Å². The molecule has 0 unspecified atom stereocenters. The van der Waals surface area contributed by atoms with Crippen LogP contribution in [0.4, 0.5) is 5.69 Å². The largest absolute Gasteiger partial charge is 0.339 e. The van der Waals surface area contributed by atoms with Gasteiger partial charge in [0.1, 0.15) is 5.82 Å². The molecule has 1 aliphatic carbocycles. The topological polar surface area (TPSA) is 83.0 Å². The molecule has 2 N–H and O–H groups in total. The predicted molar refractivity (Wildman–Crippen MR) is 114 cm³/mol. The molecule has 2 aliphatic rings. The van der Waals surface area contributed by atoms with E-state index in [2.05, 4.69) is 20.1 Å². The molecule has 1 aromatic heterocycles. The number of hydrogen-bond acceptors (Lipinski definition) is 4. The number of anilines is 1. The number of hydrogen-bond donors (Lipinski definition) is 2. The van der Waals surface area contributed by atoms with Gasteiger partial charge in [-0.2, -0.15) is 5.10 Å². The summed E-state index contributed by atoms with van der Waals surface area (Å²) in [6.07, 6.45) is 7.58. The number of benzene rings is 1. The minimum absolute atomic E-state index is 0.0236. The molecule has 7 nitrogen and oxygen atoms in total. The highest BCUT2D eigenvalue weighted by molar-refractivity contribution is 7.71. The molecule has 0 atom stereocenters. The maximum absolute atomic E-state index is 12.6. The van der Waals surface area contributed by atoms with Gasteiger partial charge >= 0.3 is 0 Å². The number of aromatic amines is 1. The molecule has 2 amide bonds. The SMILES string of the molecule is CC(=O)Nc1ccc(/C=C/C(=O)N2CCC(c3n[nH]c(=S)n3C3CC3)CC2)cc1. The van der Waals surface area contributed by atoms with Crippen molar-refractivity contribution in [1.82, 2.24) is 19.7 Å². The first kappa shape index (κ1) is 19.6. The van der Waals surface area contributed by atoms with E-state index in [1.54, 1.807) is 6.08 Å². The number of H-pyrrole nitrogens is 1. The molecule has 8 heteroatoms. The Morgan fingerprint density at radius 1 is 1.17 bits per heavy atom. The molecule has 1 aliphatic heterocycles. The van der Waals surface area contributed by atoms with Crippen LogP contribution < -0.4 is 5.32 Å². The lowest BCUT2D eigenvalue weighted by Crippen LogP contribution is -2.37. The number of piperidine rings is 1. The smallest absolute Gasteiger partial charge is 0.246 e. The maximum Gasteiger partial charge on any atom is 0.246 e. The number of nitrogens with one attached hydrogen (secondary N) is 2. The molecule has 0 bridgehead atoms. The van der Waals surface area contributed by atoms with Crippen molar-refractivity contribution in [3.8, 4) is 0 Å². The standard InChI is InChI=1S/C21H25N5O2S/c1-14(27)22-17-5-2-15(3-6-17)4-9-19(28)25-12-10-16(11-13-25)20-23-24-21(29)26(20)18-7-8-18/h2-6,9,16,18H,7-8,10-13H2,1H3,(H,22,27)(H,24,29)/b9-4+. The summed E-state index contributed by atoms with van der Waals surface area (Å²) < 4.78 is 2.90. The summed E-state index contributed by atoms with van der Waals surface area (Å²) in [5.74, 6) is 1.32. The Bertz CT molecular complexity index is 979. The Balaban J connectivity index is 1.33. The van der Waals surface area contributed by atoms with Crippen LogP contribution in [-0.2, 0) is 9.59 Å². The Morgan fingerprint density at radius 2 is 1.86 bits per heavy atom. The fourth-order valence-corrected chi connectivity index (χ4v) is 4.09. The van der Waals surface area contributed by atoms with Gasteiger partial charge in [0.25, 0.3) is 0 Å². The third kappa shape index (κ3) is 4.64. The monoisotopic (exact) mass is 411 g/mol. The summed E-state index contributed by atoms with van der Waals surface area (Å²) in [4.78, 5) is 25.5. The van der Waals surface area contributed by atoms with Gasteiger partial charge in [-0.15, -0.1) is 0 Å². The Kier molecular flexibility index (Phi) is 5.62. The first-order valence-electron chi connectivity index (χ1n) is 10.0. The highest BCUT2D eigenvalue weighted by Gasteiger charge is 2.32. The summed E-state index contributed by atoms with van der Waals surface area (Å²) in [5.41, 5.74) is 1.66. The third-order valence-electron chi connectivity index (χ3n) is 5.46. The van der Waals surface area contributed by atoms with E-state index in [9.17, 15) is 9.59 Å². The van der Waals surface area contributed by atoms with Crippen molar-refractivity contribution in [1.29, 1.82) is 0 Å². The first-order chi connectivity index (χ1) is 14.0. The maximum atomic E-state index is 12.6. The zero-order chi connectivity index (χ0) is 20.4. The fraction of sp³-hybridized carbons (Fsp3) is 0.429. The van der Waals surface area contributed by atoms with Crippen LogP contribution in [0.2, 0.25) is 0 Å². The number of amides is 2. The van der Waals surface area contributed by atoms with E-state index < -0.39 is 0 Å². The highest BCUT2D eigenvalue weighted by Crippen LogP contribution is 2.38. The molecule has 29 heavy (non-hydrogen) atoms. The van der Waals surface area contributed by atoms with Gasteiger partial charge in [0.2, 0.25) is 11.8 Å². The third-order valence-corrected chi connectivity index (χ3v) is 5.75. The summed E-state index contributed by atoms with van der Waals surface area (Å²) in [6.45, 7) is 2.92. The number of carbonyl (C=O) groups excluding carboxylic acids is 2. The number of nitrogens with zero attached hydrogens (tertiary/aromatic N) is 3. The fourth-order valence-electron chi connectivity index (χ4n) is 3.80. The van der Waals surface area contributed by atoms with Crippen molar-refractivity contribution in [2.24, 2.45) is 0 Å². The van der Waals surface area contributed by atoms with Crippen LogP contribution in [0.5, 0.6) is 0 Å². The quantitative estimate of drug-likeness (QED) is 0.581. The average molecular weight is 412 g/mol. The molecule has 0 radical (unpaired) electrons. The number of likely N-dealkylation sites (tertiary alicyclic amines) is 1. The van der Waals surface area contributed by atoms with Crippen molar-refractivity contribution >= 4 is 35.8 Å². The molecule has 1 saturated carbocycles. The molecule has 2 aromatic rings. The van der Waals surface area contributed by atoms with Crippen LogP contribution in [0, 0.1) is 4.77 Å². The second-order valence-electron chi connectivity index (χ2n) is 7.72. The summed E-state index contributed by atoms with van der Waals surface area (Å²) in [6, 6.07) is 7.91. The second-order valence-corrected chi connectivity index (χ2v) is 8.11. The highest BCUT2D eigenvalue weighted by atomic mass is 32.1. The molecular weight excluding hydrogens is 386 g/mol. The van der Waals surface area contributed by atoms with Gasteiger partial charge in [0.05, 0.1) is 0 Å². The lowest BCUT2D eigenvalue weighted by atomic mass is 9.95. The van der Waals surface area contributed by atoms with E-state index in [0.717, 1.165) is 43.0 Å². The van der Waals surface area contributed by atoms with E-state index in [0.29, 0.717) is 16.7 Å². The lowest BCUT2D eigenvalue weighted by molar-refractivity contribution is -0.127. The van der Waals surface area contributed by atoms with Gasteiger partial charge in [0, 0.05) is 43.7 Å². The van der Waals surface area contributed by atoms with Crippen LogP contribution in [0.25, 0.3) is 6.08 Å². The molecule has 152 valence electrons. The van der Waals surface area contributed by atoms with Gasteiger partial charge in [-0.25, -0.2) is 0 Å². The zero-order valence-electron chi connectivity index (χ0n) is 16.4. The Labute approximate surface area is 174 Å². The first-order valence-corrected chi connectivity index (χ1v) is 10.4. The van der Waals surface area contributed by atoms with Crippen LogP contribution in [0.3, 0.4) is 0 Å². The number of carbonyl (C=O) groups is 2. The lowest BCUT2D eigenvalue weighted by Gasteiger charge is -2.31. The van der Waals surface area contributed by atoms with E-state index in [4.69, 9.17) is 12.2 Å². The summed E-state index contributed by atoms with van der Waals surface area (Å²) >= 11 is 5.38. The number of rotatable bonds is 5. The zero-order valence-corrected chi connectivity index (χ0v) is 17.2. The van der Waals surface area contributed by atoms with Gasteiger partial charge in [-0.3, -0.25) is 14.7 Å². The van der Waals surface area contributed by atoms with Crippen LogP contribution in [0.15, 0.2) is 30.3 Å². The minimum Gasteiger partial charge on any atom is -0.339 e.